The molecule has 2 fully saturated rings. The van der Waals surface area contributed by atoms with E-state index in [1.54, 1.807) is 6.92 Å². The lowest BCUT2D eigenvalue weighted by Crippen LogP contribution is -2.59. The second-order valence-electron chi connectivity index (χ2n) is 4.75. The molecule has 2 aliphatic rings. The number of nitrogens with zero attached hydrogens (tertiary/aromatic N) is 1. The number of aliphatic carboxylic acids is 1. The van der Waals surface area contributed by atoms with E-state index in [1.165, 1.54) is 0 Å². The summed E-state index contributed by atoms with van der Waals surface area (Å²) < 4.78 is 0. The fourth-order valence-electron chi connectivity index (χ4n) is 3.03. The molecule has 0 amide bonds. The number of carbonyl (C=O) groups is 1. The fourth-order valence-corrected chi connectivity index (χ4v) is 3.03. The van der Waals surface area contributed by atoms with Crippen LogP contribution in [-0.4, -0.2) is 46.3 Å². The van der Waals surface area contributed by atoms with Crippen LogP contribution in [0.5, 0.6) is 0 Å². The highest BCUT2D eigenvalue weighted by molar-refractivity contribution is 5.76. The van der Waals surface area contributed by atoms with Crippen LogP contribution in [0.4, 0.5) is 0 Å². The largest absolute Gasteiger partial charge is 0.481 e. The molecule has 2 saturated heterocycles. The highest BCUT2D eigenvalue weighted by Crippen LogP contribution is 2.45. The maximum Gasteiger partial charge on any atom is 0.313 e. The SMILES string of the molecule is CN1[C@H]2CC[C@@H]1[C@@](C)(C(=O)O)[C@@H](O)C2. The lowest BCUT2D eigenvalue weighted by molar-refractivity contribution is -0.166. The van der Waals surface area contributed by atoms with Crippen LogP contribution in [0, 0.1) is 5.41 Å². The highest BCUT2D eigenvalue weighted by atomic mass is 16.4. The third-order valence-corrected chi connectivity index (χ3v) is 4.18. The molecular weight excluding hydrogens is 182 g/mol. The van der Waals surface area contributed by atoms with Crippen LogP contribution in [0.1, 0.15) is 26.2 Å². The number of fused-ring (bicyclic) bond motifs is 2. The first-order valence-corrected chi connectivity index (χ1v) is 5.11. The molecule has 2 heterocycles. The van der Waals surface area contributed by atoms with Crippen LogP contribution in [-0.2, 0) is 4.79 Å². The van der Waals surface area contributed by atoms with Crippen molar-refractivity contribution in [2.75, 3.05) is 7.05 Å². The molecule has 0 saturated carbocycles. The number of hydrogen-bond donors (Lipinski definition) is 2. The van der Waals surface area contributed by atoms with Gasteiger partial charge in [0.05, 0.1) is 6.10 Å². The van der Waals surface area contributed by atoms with Gasteiger partial charge in [0.15, 0.2) is 0 Å². The zero-order chi connectivity index (χ0) is 10.5. The summed E-state index contributed by atoms with van der Waals surface area (Å²) in [4.78, 5) is 13.4. The van der Waals surface area contributed by atoms with Crippen molar-refractivity contribution < 1.29 is 15.0 Å². The van der Waals surface area contributed by atoms with Gasteiger partial charge in [0.2, 0.25) is 0 Å². The third kappa shape index (κ3) is 1.04. The number of aliphatic hydroxyl groups is 1. The van der Waals surface area contributed by atoms with E-state index in [0.717, 1.165) is 12.8 Å². The Bertz CT molecular complexity index is 268. The Labute approximate surface area is 83.5 Å². The molecule has 4 nitrogen and oxygen atoms in total. The minimum Gasteiger partial charge on any atom is -0.481 e. The lowest BCUT2D eigenvalue weighted by atomic mass is 9.73. The summed E-state index contributed by atoms with van der Waals surface area (Å²) in [6.07, 6.45) is 1.80. The van der Waals surface area contributed by atoms with Gasteiger partial charge >= 0.3 is 5.97 Å². The predicted molar refractivity (Wildman–Crippen MR) is 50.9 cm³/mol. The maximum absolute atomic E-state index is 11.2. The van der Waals surface area contributed by atoms with Gasteiger partial charge in [-0.3, -0.25) is 9.69 Å². The number of piperidine rings is 1. The van der Waals surface area contributed by atoms with Gasteiger partial charge < -0.3 is 10.2 Å². The van der Waals surface area contributed by atoms with Crippen LogP contribution in [0.25, 0.3) is 0 Å². The summed E-state index contributed by atoms with van der Waals surface area (Å²) in [6.45, 7) is 1.67. The molecule has 2 aliphatic heterocycles. The molecule has 0 spiro atoms. The molecular formula is C10H17NO3. The second-order valence-corrected chi connectivity index (χ2v) is 4.75. The Kier molecular flexibility index (Phi) is 2.08. The molecule has 2 N–H and O–H groups in total. The first-order valence-electron chi connectivity index (χ1n) is 5.11. The number of rotatable bonds is 1. The molecule has 0 aromatic carbocycles. The molecule has 4 atom stereocenters. The summed E-state index contributed by atoms with van der Waals surface area (Å²) >= 11 is 0. The van der Waals surface area contributed by atoms with Crippen molar-refractivity contribution in [1.29, 1.82) is 0 Å². The molecule has 0 unspecified atom stereocenters. The van der Waals surface area contributed by atoms with Crippen molar-refractivity contribution in [3.8, 4) is 0 Å². The van der Waals surface area contributed by atoms with Crippen LogP contribution >= 0.6 is 0 Å². The zero-order valence-electron chi connectivity index (χ0n) is 8.60. The fraction of sp³-hybridized carbons (Fsp3) is 0.900. The monoisotopic (exact) mass is 199 g/mol. The molecule has 0 aromatic rings. The van der Waals surface area contributed by atoms with E-state index >= 15 is 0 Å². The average Bonchev–Trinajstić information content (AvgIpc) is 2.39. The van der Waals surface area contributed by atoms with Crippen molar-refractivity contribution in [1.82, 2.24) is 4.90 Å². The van der Waals surface area contributed by atoms with Crippen molar-refractivity contribution in [3.05, 3.63) is 0 Å². The van der Waals surface area contributed by atoms with Gasteiger partial charge in [-0.25, -0.2) is 0 Å². The van der Waals surface area contributed by atoms with Gasteiger partial charge in [-0.2, -0.15) is 0 Å². The van der Waals surface area contributed by atoms with E-state index in [0.29, 0.717) is 12.5 Å². The molecule has 2 bridgehead atoms. The number of carboxylic acid groups (broad SMARTS) is 1. The van der Waals surface area contributed by atoms with Gasteiger partial charge in [0, 0.05) is 12.1 Å². The quantitative estimate of drug-likeness (QED) is 0.638. The van der Waals surface area contributed by atoms with Gasteiger partial charge in [-0.15, -0.1) is 0 Å². The zero-order valence-corrected chi connectivity index (χ0v) is 8.60. The van der Waals surface area contributed by atoms with Gasteiger partial charge in [-0.05, 0) is 33.2 Å². The van der Waals surface area contributed by atoms with Crippen LogP contribution < -0.4 is 0 Å². The molecule has 2 rings (SSSR count). The standard InChI is InChI=1S/C10H17NO3/c1-10(9(13)14)7-4-3-6(11(7)2)5-8(10)12/h6-8,12H,3-5H2,1-2H3,(H,13,14)/t6-,7+,8-,10+/m0/s1. The van der Waals surface area contributed by atoms with E-state index in [-0.39, 0.29) is 6.04 Å². The van der Waals surface area contributed by atoms with E-state index < -0.39 is 17.5 Å². The summed E-state index contributed by atoms with van der Waals surface area (Å²) in [5, 5.41) is 19.1. The molecule has 14 heavy (non-hydrogen) atoms. The molecule has 0 radical (unpaired) electrons. The number of hydrogen-bond acceptors (Lipinski definition) is 3. The second kappa shape index (κ2) is 2.94. The first kappa shape index (κ1) is 9.93. The van der Waals surface area contributed by atoms with Crippen molar-refractivity contribution in [3.63, 3.8) is 0 Å². The van der Waals surface area contributed by atoms with E-state index in [2.05, 4.69) is 4.90 Å². The van der Waals surface area contributed by atoms with Crippen molar-refractivity contribution >= 4 is 5.97 Å². The Morgan fingerprint density at radius 2 is 2.14 bits per heavy atom. The number of aliphatic hydroxyl groups excluding tert-OH is 1. The van der Waals surface area contributed by atoms with Crippen LogP contribution in [0.15, 0.2) is 0 Å². The summed E-state index contributed by atoms with van der Waals surface area (Å²) in [7, 11) is 1.97. The lowest BCUT2D eigenvalue weighted by Gasteiger charge is -2.45. The Hall–Kier alpha value is -0.610. The highest BCUT2D eigenvalue weighted by Gasteiger charge is 2.56. The number of carboxylic acids is 1. The summed E-state index contributed by atoms with van der Waals surface area (Å²) in [6, 6.07) is 0.371. The smallest absolute Gasteiger partial charge is 0.313 e. The first-order chi connectivity index (χ1) is 6.48. The molecule has 80 valence electrons. The third-order valence-electron chi connectivity index (χ3n) is 4.18. The molecule has 0 aromatic heterocycles. The van der Waals surface area contributed by atoms with Gasteiger partial charge in [0.1, 0.15) is 5.41 Å². The minimum atomic E-state index is -0.984. The maximum atomic E-state index is 11.2. The summed E-state index contributed by atoms with van der Waals surface area (Å²) in [5.41, 5.74) is -0.984. The van der Waals surface area contributed by atoms with Crippen molar-refractivity contribution in [2.45, 2.75) is 44.4 Å². The van der Waals surface area contributed by atoms with Crippen molar-refractivity contribution in [2.24, 2.45) is 5.41 Å². The van der Waals surface area contributed by atoms with E-state index in [1.807, 2.05) is 7.05 Å². The van der Waals surface area contributed by atoms with Crippen LogP contribution in [0.2, 0.25) is 0 Å². The summed E-state index contributed by atoms with van der Waals surface area (Å²) in [5.74, 6) is -0.873. The Morgan fingerprint density at radius 3 is 2.71 bits per heavy atom. The van der Waals surface area contributed by atoms with Gasteiger partial charge in [0.25, 0.3) is 0 Å². The minimum absolute atomic E-state index is 0.00579. The average molecular weight is 199 g/mol. The predicted octanol–water partition coefficient (Wildman–Crippen LogP) is 0.305. The van der Waals surface area contributed by atoms with E-state index in [9.17, 15) is 15.0 Å². The molecule has 0 aliphatic carbocycles. The topological polar surface area (TPSA) is 60.8 Å². The Balaban J connectivity index is 2.35. The Morgan fingerprint density at radius 1 is 1.50 bits per heavy atom. The van der Waals surface area contributed by atoms with Crippen LogP contribution in [0.3, 0.4) is 0 Å². The van der Waals surface area contributed by atoms with Gasteiger partial charge in [-0.1, -0.05) is 0 Å². The normalized spacial score (nSPS) is 48.1. The molecule has 4 heteroatoms. The van der Waals surface area contributed by atoms with E-state index in [4.69, 9.17) is 0 Å².